The minimum atomic E-state index is -4.51. The van der Waals surface area contributed by atoms with Gasteiger partial charge in [0, 0.05) is 13.1 Å². The van der Waals surface area contributed by atoms with Crippen molar-refractivity contribution in [3.8, 4) is 17.0 Å². The molecule has 0 saturated carbocycles. The number of methoxy groups -OCH3 is 1. The summed E-state index contributed by atoms with van der Waals surface area (Å²) in [6.07, 6.45) is -4.56. The second-order valence-corrected chi connectivity index (χ2v) is 9.07. The number of hydrogen-bond acceptors (Lipinski definition) is 8. The van der Waals surface area contributed by atoms with E-state index in [1.807, 2.05) is 4.90 Å². The summed E-state index contributed by atoms with van der Waals surface area (Å²) in [5.41, 5.74) is 0.773. The SMILES string of the molecule is COc1nc(N[C@@H]2CN(C3COC3)C[C@@H]2F)nn2cc(F)c(-c3ccc4nnn(CC(F)(F)F)c4c3)c12. The zero-order chi connectivity index (χ0) is 25.9. The molecule has 15 heteroatoms. The summed E-state index contributed by atoms with van der Waals surface area (Å²) >= 11 is 0. The normalized spacial score (nSPS) is 21.1. The molecule has 0 amide bonds. The molecule has 196 valence electrons. The maximum absolute atomic E-state index is 15.2. The molecule has 0 unspecified atom stereocenters. The third-order valence-electron chi connectivity index (χ3n) is 6.61. The summed E-state index contributed by atoms with van der Waals surface area (Å²) < 4.78 is 81.3. The number of rotatable bonds is 6. The molecular weight excluding hydrogens is 503 g/mol. The van der Waals surface area contributed by atoms with Crippen LogP contribution >= 0.6 is 0 Å². The average Bonchev–Trinajstić information content (AvgIpc) is 3.45. The fourth-order valence-corrected chi connectivity index (χ4v) is 4.73. The number of ether oxygens (including phenoxy) is 2. The Bertz CT molecular complexity index is 1470. The van der Waals surface area contributed by atoms with E-state index in [4.69, 9.17) is 9.47 Å². The molecule has 0 aliphatic carbocycles. The molecule has 2 aliphatic rings. The van der Waals surface area contributed by atoms with Crippen LogP contribution in [0.3, 0.4) is 0 Å². The molecule has 1 aromatic carbocycles. The van der Waals surface area contributed by atoms with Crippen LogP contribution < -0.4 is 10.1 Å². The van der Waals surface area contributed by atoms with Gasteiger partial charge in [0.25, 0.3) is 0 Å². The zero-order valence-electron chi connectivity index (χ0n) is 19.4. The van der Waals surface area contributed by atoms with Crippen molar-refractivity contribution < 1.29 is 31.4 Å². The molecule has 0 bridgehead atoms. The van der Waals surface area contributed by atoms with Gasteiger partial charge < -0.3 is 14.8 Å². The topological polar surface area (TPSA) is 94.6 Å². The van der Waals surface area contributed by atoms with Crippen LogP contribution in [0.4, 0.5) is 27.9 Å². The molecule has 0 radical (unpaired) electrons. The van der Waals surface area contributed by atoms with Crippen LogP contribution in [0, 0.1) is 5.82 Å². The van der Waals surface area contributed by atoms with Crippen molar-refractivity contribution in [2.45, 2.75) is 31.0 Å². The first-order valence-electron chi connectivity index (χ1n) is 11.5. The summed E-state index contributed by atoms with van der Waals surface area (Å²) in [5, 5.41) is 14.6. The molecule has 2 saturated heterocycles. The summed E-state index contributed by atoms with van der Waals surface area (Å²) in [6.45, 7) is 0.495. The van der Waals surface area contributed by atoms with Crippen molar-refractivity contribution in [2.24, 2.45) is 0 Å². The number of aromatic nitrogens is 6. The molecule has 6 rings (SSSR count). The summed E-state index contributed by atoms with van der Waals surface area (Å²) in [4.78, 5) is 6.32. The molecule has 1 N–H and O–H groups in total. The number of likely N-dealkylation sites (tertiary alicyclic amines) is 1. The zero-order valence-corrected chi connectivity index (χ0v) is 19.4. The van der Waals surface area contributed by atoms with Crippen LogP contribution in [0.5, 0.6) is 5.88 Å². The number of hydrogen-bond donors (Lipinski definition) is 1. The van der Waals surface area contributed by atoms with E-state index >= 15 is 4.39 Å². The Balaban J connectivity index is 1.35. The van der Waals surface area contributed by atoms with Gasteiger partial charge in [-0.15, -0.1) is 10.2 Å². The maximum Gasteiger partial charge on any atom is 0.408 e. The molecule has 2 aliphatic heterocycles. The summed E-state index contributed by atoms with van der Waals surface area (Å²) in [6, 6.07) is 3.95. The van der Waals surface area contributed by atoms with Gasteiger partial charge in [-0.25, -0.2) is 18.0 Å². The third kappa shape index (κ3) is 4.31. The fourth-order valence-electron chi connectivity index (χ4n) is 4.73. The van der Waals surface area contributed by atoms with Crippen LogP contribution in [-0.2, 0) is 11.3 Å². The lowest BCUT2D eigenvalue weighted by molar-refractivity contribution is -0.142. The van der Waals surface area contributed by atoms with Crippen molar-refractivity contribution >= 4 is 22.5 Å². The number of nitrogens with zero attached hydrogens (tertiary/aromatic N) is 7. The lowest BCUT2D eigenvalue weighted by Gasteiger charge is -2.34. The molecule has 3 aromatic heterocycles. The first kappa shape index (κ1) is 23.8. The number of nitrogens with one attached hydrogen (secondary N) is 1. The van der Waals surface area contributed by atoms with Gasteiger partial charge in [-0.05, 0) is 17.7 Å². The Morgan fingerprint density at radius 2 is 2.03 bits per heavy atom. The number of halogens is 5. The van der Waals surface area contributed by atoms with E-state index in [0.717, 1.165) is 6.20 Å². The monoisotopic (exact) mass is 524 g/mol. The Morgan fingerprint density at radius 3 is 2.73 bits per heavy atom. The van der Waals surface area contributed by atoms with Gasteiger partial charge in [-0.2, -0.15) is 18.2 Å². The van der Waals surface area contributed by atoms with Gasteiger partial charge in [0.1, 0.15) is 23.7 Å². The van der Waals surface area contributed by atoms with E-state index in [0.29, 0.717) is 24.4 Å². The minimum absolute atomic E-state index is 0.0103. The molecule has 0 spiro atoms. The van der Waals surface area contributed by atoms with E-state index in [1.165, 1.54) is 29.8 Å². The van der Waals surface area contributed by atoms with Gasteiger partial charge >= 0.3 is 6.18 Å². The van der Waals surface area contributed by atoms with Crippen molar-refractivity contribution in [1.29, 1.82) is 0 Å². The van der Waals surface area contributed by atoms with E-state index in [2.05, 4.69) is 25.7 Å². The Kier molecular flexibility index (Phi) is 5.63. The van der Waals surface area contributed by atoms with Crippen molar-refractivity contribution in [1.82, 2.24) is 34.5 Å². The van der Waals surface area contributed by atoms with Crippen molar-refractivity contribution in [2.75, 3.05) is 38.7 Å². The number of anilines is 1. The lowest BCUT2D eigenvalue weighted by atomic mass is 10.1. The first-order valence-corrected chi connectivity index (χ1v) is 11.5. The molecule has 5 heterocycles. The van der Waals surface area contributed by atoms with E-state index in [1.54, 1.807) is 0 Å². The second-order valence-electron chi connectivity index (χ2n) is 9.07. The summed E-state index contributed by atoms with van der Waals surface area (Å²) in [7, 11) is 1.35. The largest absolute Gasteiger partial charge is 0.479 e. The van der Waals surface area contributed by atoms with Crippen LogP contribution in [0.15, 0.2) is 24.4 Å². The Labute approximate surface area is 205 Å². The minimum Gasteiger partial charge on any atom is -0.479 e. The molecule has 10 nitrogen and oxygen atoms in total. The quantitative estimate of drug-likeness (QED) is 0.385. The molecule has 37 heavy (non-hydrogen) atoms. The van der Waals surface area contributed by atoms with E-state index < -0.39 is 30.8 Å². The van der Waals surface area contributed by atoms with Crippen molar-refractivity contribution in [3.63, 3.8) is 0 Å². The smallest absolute Gasteiger partial charge is 0.408 e. The molecular formula is C22H21F5N8O2. The lowest BCUT2D eigenvalue weighted by Crippen LogP contribution is -2.48. The Hall–Kier alpha value is -3.59. The highest BCUT2D eigenvalue weighted by atomic mass is 19.4. The number of alkyl halides is 4. The average molecular weight is 524 g/mol. The molecule has 2 atom stereocenters. The van der Waals surface area contributed by atoms with E-state index in [9.17, 15) is 17.6 Å². The van der Waals surface area contributed by atoms with Crippen LogP contribution in [0.25, 0.3) is 27.7 Å². The number of fused-ring (bicyclic) bond motifs is 2. The number of benzene rings is 1. The standard InChI is InChI=1S/C22H21F5N8O2/c1-36-20-19-18(11-2-3-15-17(4-11)35(32-30-15)10-22(25,26)27)14(24)6-34(19)31-21(29-20)28-16-7-33(5-13(16)23)12-8-37-9-12/h2-4,6,12-13,16H,5,7-10H2,1H3,(H,28,31)/t13-,16+/m0/s1. The maximum atomic E-state index is 15.2. The van der Waals surface area contributed by atoms with Gasteiger partial charge in [0.15, 0.2) is 5.82 Å². The van der Waals surface area contributed by atoms with Crippen LogP contribution in [0.2, 0.25) is 0 Å². The predicted octanol–water partition coefficient (Wildman–Crippen LogP) is 2.68. The van der Waals surface area contributed by atoms with Gasteiger partial charge in [-0.3, -0.25) is 4.90 Å². The summed E-state index contributed by atoms with van der Waals surface area (Å²) in [5.74, 6) is -0.636. The highest BCUT2D eigenvalue weighted by molar-refractivity contribution is 5.89. The Morgan fingerprint density at radius 1 is 1.22 bits per heavy atom. The van der Waals surface area contributed by atoms with Gasteiger partial charge in [-0.1, -0.05) is 11.3 Å². The van der Waals surface area contributed by atoms with Gasteiger partial charge in [0.05, 0.1) is 49.7 Å². The van der Waals surface area contributed by atoms with Crippen molar-refractivity contribution in [3.05, 3.63) is 30.2 Å². The van der Waals surface area contributed by atoms with E-state index in [-0.39, 0.29) is 52.1 Å². The van der Waals surface area contributed by atoms with Crippen LogP contribution in [-0.4, -0.2) is 92.3 Å². The fraction of sp³-hybridized carbons (Fsp3) is 0.455. The van der Waals surface area contributed by atoms with Gasteiger partial charge in [0.2, 0.25) is 11.8 Å². The third-order valence-corrected chi connectivity index (χ3v) is 6.61. The highest BCUT2D eigenvalue weighted by Gasteiger charge is 2.39. The predicted molar refractivity (Wildman–Crippen MR) is 121 cm³/mol. The highest BCUT2D eigenvalue weighted by Crippen LogP contribution is 2.36. The second kappa shape index (κ2) is 8.76. The van der Waals surface area contributed by atoms with Crippen LogP contribution in [0.1, 0.15) is 0 Å². The first-order chi connectivity index (χ1) is 17.7. The molecule has 4 aromatic rings. The molecule has 2 fully saturated rings.